The Kier molecular flexibility index (Phi) is 4.19. The molecule has 1 amide bonds. The minimum absolute atomic E-state index is 0.158. The number of carbonyl (C=O) groups is 1. The summed E-state index contributed by atoms with van der Waals surface area (Å²) in [4.78, 5) is 11.0. The van der Waals surface area contributed by atoms with Crippen LogP contribution in [0.5, 0.6) is 5.75 Å². The highest BCUT2D eigenvalue weighted by Gasteiger charge is 2.31. The Labute approximate surface area is 95.3 Å². The number of hydrogen-bond donors (Lipinski definition) is 1. The largest absolute Gasteiger partial charge is 0.573 e. The van der Waals surface area contributed by atoms with E-state index in [2.05, 4.69) is 14.8 Å². The number of amides is 1. The first kappa shape index (κ1) is 13.1. The molecule has 0 bridgehead atoms. The Balaban J connectivity index is 2.69. The number of anilines is 1. The number of halogens is 3. The molecule has 1 aromatic carbocycles. The SMILES string of the molecule is CCOC(=O)Nc1cccc(OC(F)(F)F)c1. The van der Waals surface area contributed by atoms with E-state index in [1.165, 1.54) is 12.1 Å². The number of ether oxygens (including phenoxy) is 2. The topological polar surface area (TPSA) is 47.6 Å². The first-order valence-corrected chi connectivity index (χ1v) is 4.70. The van der Waals surface area contributed by atoms with Crippen molar-refractivity contribution >= 4 is 11.8 Å². The predicted octanol–water partition coefficient (Wildman–Crippen LogP) is 3.15. The van der Waals surface area contributed by atoms with Crippen LogP contribution < -0.4 is 10.1 Å². The summed E-state index contributed by atoms with van der Waals surface area (Å²) in [6, 6.07) is 4.91. The lowest BCUT2D eigenvalue weighted by Crippen LogP contribution is -2.17. The molecule has 0 aliphatic rings. The lowest BCUT2D eigenvalue weighted by atomic mass is 10.3. The van der Waals surface area contributed by atoms with Gasteiger partial charge in [-0.25, -0.2) is 4.79 Å². The van der Waals surface area contributed by atoms with Gasteiger partial charge in [0.1, 0.15) is 5.75 Å². The van der Waals surface area contributed by atoms with Crippen molar-refractivity contribution in [3.63, 3.8) is 0 Å². The van der Waals surface area contributed by atoms with Crippen molar-refractivity contribution in [3.8, 4) is 5.75 Å². The van der Waals surface area contributed by atoms with Crippen LogP contribution in [-0.2, 0) is 4.74 Å². The molecule has 0 aliphatic carbocycles. The van der Waals surface area contributed by atoms with Crippen LogP contribution in [0.2, 0.25) is 0 Å². The molecule has 0 saturated heterocycles. The Bertz CT molecular complexity index is 393. The smallest absolute Gasteiger partial charge is 0.450 e. The zero-order valence-electron chi connectivity index (χ0n) is 8.88. The standard InChI is InChI=1S/C10H10F3NO3/c1-2-16-9(15)14-7-4-3-5-8(6-7)17-10(11,12)13/h3-6H,2H2,1H3,(H,14,15). The molecule has 0 heterocycles. The van der Waals surface area contributed by atoms with Gasteiger partial charge >= 0.3 is 12.5 Å². The molecule has 94 valence electrons. The highest BCUT2D eigenvalue weighted by atomic mass is 19.4. The lowest BCUT2D eigenvalue weighted by Gasteiger charge is -2.10. The van der Waals surface area contributed by atoms with Crippen molar-refractivity contribution in [1.29, 1.82) is 0 Å². The first-order chi connectivity index (χ1) is 7.90. The number of alkyl halides is 3. The second-order valence-corrected chi connectivity index (χ2v) is 2.92. The van der Waals surface area contributed by atoms with Crippen molar-refractivity contribution in [3.05, 3.63) is 24.3 Å². The van der Waals surface area contributed by atoms with E-state index in [4.69, 9.17) is 0 Å². The minimum Gasteiger partial charge on any atom is -0.450 e. The van der Waals surface area contributed by atoms with Crippen LogP contribution in [0, 0.1) is 0 Å². The molecule has 1 N–H and O–H groups in total. The van der Waals surface area contributed by atoms with Crippen LogP contribution in [0.15, 0.2) is 24.3 Å². The fourth-order valence-corrected chi connectivity index (χ4v) is 1.06. The van der Waals surface area contributed by atoms with Gasteiger partial charge in [-0.2, -0.15) is 0 Å². The molecule has 1 rings (SSSR count). The van der Waals surface area contributed by atoms with E-state index in [-0.39, 0.29) is 12.3 Å². The highest BCUT2D eigenvalue weighted by molar-refractivity contribution is 5.84. The van der Waals surface area contributed by atoms with Gasteiger partial charge in [0.2, 0.25) is 0 Å². The third-order valence-electron chi connectivity index (χ3n) is 1.59. The van der Waals surface area contributed by atoms with E-state index < -0.39 is 18.2 Å². The van der Waals surface area contributed by atoms with E-state index in [0.717, 1.165) is 12.1 Å². The minimum atomic E-state index is -4.76. The Hall–Kier alpha value is -1.92. The normalized spacial score (nSPS) is 10.8. The summed E-state index contributed by atoms with van der Waals surface area (Å²) in [5, 5.41) is 2.26. The summed E-state index contributed by atoms with van der Waals surface area (Å²) in [7, 11) is 0. The van der Waals surface area contributed by atoms with Gasteiger partial charge in [-0.3, -0.25) is 5.32 Å². The molecule has 0 radical (unpaired) electrons. The molecule has 17 heavy (non-hydrogen) atoms. The van der Waals surface area contributed by atoms with Gasteiger partial charge in [0.05, 0.1) is 6.61 Å². The van der Waals surface area contributed by atoms with Crippen molar-refractivity contribution < 1.29 is 27.4 Å². The van der Waals surface area contributed by atoms with Gasteiger partial charge in [0, 0.05) is 11.8 Å². The molecule has 0 spiro atoms. The van der Waals surface area contributed by atoms with Crippen molar-refractivity contribution in [1.82, 2.24) is 0 Å². The second-order valence-electron chi connectivity index (χ2n) is 2.92. The van der Waals surface area contributed by atoms with Gasteiger partial charge in [0.15, 0.2) is 0 Å². The fraction of sp³-hybridized carbons (Fsp3) is 0.300. The van der Waals surface area contributed by atoms with E-state index in [9.17, 15) is 18.0 Å². The van der Waals surface area contributed by atoms with Gasteiger partial charge in [-0.15, -0.1) is 13.2 Å². The Morgan fingerprint density at radius 3 is 2.71 bits per heavy atom. The summed E-state index contributed by atoms with van der Waals surface area (Å²) in [6.45, 7) is 1.79. The van der Waals surface area contributed by atoms with Crippen LogP contribution in [0.1, 0.15) is 6.92 Å². The monoisotopic (exact) mass is 249 g/mol. The molecule has 4 nitrogen and oxygen atoms in total. The summed E-state index contributed by atoms with van der Waals surface area (Å²) in [5.41, 5.74) is 0.158. The second kappa shape index (κ2) is 5.42. The summed E-state index contributed by atoms with van der Waals surface area (Å²) >= 11 is 0. The van der Waals surface area contributed by atoms with Crippen molar-refractivity contribution in [2.75, 3.05) is 11.9 Å². The number of carbonyl (C=O) groups excluding carboxylic acids is 1. The summed E-state index contributed by atoms with van der Waals surface area (Å²) in [5.74, 6) is -0.410. The van der Waals surface area contributed by atoms with Gasteiger partial charge in [-0.1, -0.05) is 6.07 Å². The lowest BCUT2D eigenvalue weighted by molar-refractivity contribution is -0.274. The predicted molar refractivity (Wildman–Crippen MR) is 53.8 cm³/mol. The molecule has 0 atom stereocenters. The zero-order chi connectivity index (χ0) is 12.9. The fourth-order valence-electron chi connectivity index (χ4n) is 1.06. The van der Waals surface area contributed by atoms with Crippen molar-refractivity contribution in [2.24, 2.45) is 0 Å². The summed E-state index contributed by atoms with van der Waals surface area (Å²) < 4.78 is 44.0. The molecule has 7 heteroatoms. The number of benzene rings is 1. The Morgan fingerprint density at radius 1 is 1.41 bits per heavy atom. The van der Waals surface area contributed by atoms with E-state index in [1.807, 2.05) is 0 Å². The molecule has 0 fully saturated rings. The maximum atomic E-state index is 11.9. The molecular weight excluding hydrogens is 239 g/mol. The molecule has 0 saturated carbocycles. The van der Waals surface area contributed by atoms with Crippen molar-refractivity contribution in [2.45, 2.75) is 13.3 Å². The van der Waals surface area contributed by atoms with Crippen LogP contribution in [0.3, 0.4) is 0 Å². The van der Waals surface area contributed by atoms with E-state index in [0.29, 0.717) is 0 Å². The number of nitrogens with one attached hydrogen (secondary N) is 1. The first-order valence-electron chi connectivity index (χ1n) is 4.70. The van der Waals surface area contributed by atoms with Crippen LogP contribution in [-0.4, -0.2) is 19.1 Å². The van der Waals surface area contributed by atoms with Gasteiger partial charge in [0.25, 0.3) is 0 Å². The third kappa shape index (κ3) is 5.10. The number of hydrogen-bond acceptors (Lipinski definition) is 3. The summed E-state index contributed by atoms with van der Waals surface area (Å²) in [6.07, 6.45) is -5.50. The molecule has 1 aromatic rings. The van der Waals surface area contributed by atoms with Gasteiger partial charge < -0.3 is 9.47 Å². The maximum Gasteiger partial charge on any atom is 0.573 e. The van der Waals surface area contributed by atoms with Gasteiger partial charge in [-0.05, 0) is 19.1 Å². The maximum absolute atomic E-state index is 11.9. The van der Waals surface area contributed by atoms with E-state index in [1.54, 1.807) is 6.92 Å². The van der Waals surface area contributed by atoms with Crippen LogP contribution in [0.25, 0.3) is 0 Å². The molecule has 0 aromatic heterocycles. The van der Waals surface area contributed by atoms with E-state index >= 15 is 0 Å². The Morgan fingerprint density at radius 2 is 2.12 bits per heavy atom. The van der Waals surface area contributed by atoms with Crippen LogP contribution in [0.4, 0.5) is 23.7 Å². The molecular formula is C10H10F3NO3. The molecule has 0 aliphatic heterocycles. The number of rotatable bonds is 3. The average Bonchev–Trinajstić information content (AvgIpc) is 2.15. The zero-order valence-corrected chi connectivity index (χ0v) is 8.88. The quantitative estimate of drug-likeness (QED) is 0.895. The average molecular weight is 249 g/mol. The third-order valence-corrected chi connectivity index (χ3v) is 1.59. The van der Waals surface area contributed by atoms with Crippen LogP contribution >= 0.6 is 0 Å². The highest BCUT2D eigenvalue weighted by Crippen LogP contribution is 2.24. The molecule has 0 unspecified atom stereocenters.